The predicted octanol–water partition coefficient (Wildman–Crippen LogP) is 2.98. The third kappa shape index (κ3) is 3.45. The summed E-state index contributed by atoms with van der Waals surface area (Å²) in [6.45, 7) is 0. The van der Waals surface area contributed by atoms with Crippen LogP contribution in [0.4, 0.5) is 19.0 Å². The van der Waals surface area contributed by atoms with Crippen molar-refractivity contribution in [2.75, 3.05) is 5.43 Å². The van der Waals surface area contributed by atoms with Gasteiger partial charge in [0.25, 0.3) is 0 Å². The van der Waals surface area contributed by atoms with Gasteiger partial charge >= 0.3 is 6.18 Å². The molecule has 0 aliphatic rings. The molecule has 0 amide bonds. The third-order valence-corrected chi connectivity index (χ3v) is 2.66. The minimum Gasteiger partial charge on any atom is -0.308 e. The number of nitrogens with zero attached hydrogens (tertiary/aromatic N) is 1. The van der Waals surface area contributed by atoms with Crippen LogP contribution in [0, 0.1) is 0 Å². The summed E-state index contributed by atoms with van der Waals surface area (Å²) in [6.07, 6.45) is -2.14. The quantitative estimate of drug-likeness (QED) is 0.664. The lowest BCUT2D eigenvalue weighted by Gasteiger charge is -2.08. The summed E-state index contributed by atoms with van der Waals surface area (Å²) < 4.78 is 37.2. The second-order valence-electron chi connectivity index (χ2n) is 4.07. The molecule has 0 radical (unpaired) electrons. The zero-order chi connectivity index (χ0) is 13.9. The smallest absolute Gasteiger partial charge is 0.308 e. The predicted molar refractivity (Wildman–Crippen MR) is 66.3 cm³/mol. The number of hydrazine groups is 1. The Kier molecular flexibility index (Phi) is 3.71. The molecule has 0 saturated carbocycles. The van der Waals surface area contributed by atoms with Crippen LogP contribution in [0.25, 0.3) is 0 Å². The molecule has 0 atom stereocenters. The van der Waals surface area contributed by atoms with Gasteiger partial charge in [-0.2, -0.15) is 13.2 Å². The molecule has 2 rings (SSSR count). The largest absolute Gasteiger partial charge is 0.416 e. The molecule has 1 aromatic heterocycles. The van der Waals surface area contributed by atoms with Crippen LogP contribution in [0.1, 0.15) is 16.7 Å². The van der Waals surface area contributed by atoms with E-state index in [0.29, 0.717) is 12.2 Å². The number of nitrogens with two attached hydrogens (primary N) is 1. The molecule has 19 heavy (non-hydrogen) atoms. The fourth-order valence-electron chi connectivity index (χ4n) is 1.66. The first-order chi connectivity index (χ1) is 8.99. The van der Waals surface area contributed by atoms with Crippen LogP contribution in [0.15, 0.2) is 42.6 Å². The van der Waals surface area contributed by atoms with Gasteiger partial charge in [0.15, 0.2) is 0 Å². The van der Waals surface area contributed by atoms with E-state index in [1.165, 1.54) is 12.1 Å². The van der Waals surface area contributed by atoms with Crippen LogP contribution in [0.2, 0.25) is 0 Å². The van der Waals surface area contributed by atoms with Gasteiger partial charge in [-0.15, -0.1) is 0 Å². The van der Waals surface area contributed by atoms with E-state index in [1.807, 2.05) is 6.07 Å². The molecule has 0 bridgehead atoms. The SMILES string of the molecule is NNc1ccc(Cc2ccc(C(F)(F)F)cc2)cn1. The molecule has 6 heteroatoms. The Balaban J connectivity index is 2.10. The highest BCUT2D eigenvalue weighted by atomic mass is 19.4. The minimum absolute atomic E-state index is 0.524. The highest BCUT2D eigenvalue weighted by Gasteiger charge is 2.29. The van der Waals surface area contributed by atoms with Crippen LogP contribution in [-0.2, 0) is 12.6 Å². The van der Waals surface area contributed by atoms with Crippen molar-refractivity contribution in [2.45, 2.75) is 12.6 Å². The van der Waals surface area contributed by atoms with Gasteiger partial charge in [0.1, 0.15) is 5.82 Å². The summed E-state index contributed by atoms with van der Waals surface area (Å²) in [4.78, 5) is 4.03. The summed E-state index contributed by atoms with van der Waals surface area (Å²) in [5, 5.41) is 0. The molecule has 2 aromatic rings. The van der Waals surface area contributed by atoms with Crippen LogP contribution >= 0.6 is 0 Å². The lowest BCUT2D eigenvalue weighted by atomic mass is 10.0. The van der Waals surface area contributed by atoms with Crippen LogP contribution in [0.3, 0.4) is 0 Å². The number of hydrogen-bond acceptors (Lipinski definition) is 3. The monoisotopic (exact) mass is 267 g/mol. The Hall–Kier alpha value is -2.08. The first-order valence-corrected chi connectivity index (χ1v) is 5.57. The molecule has 1 heterocycles. The highest BCUT2D eigenvalue weighted by Crippen LogP contribution is 2.29. The van der Waals surface area contributed by atoms with Crippen LogP contribution in [0.5, 0.6) is 0 Å². The topological polar surface area (TPSA) is 50.9 Å². The summed E-state index contributed by atoms with van der Waals surface area (Å²) in [7, 11) is 0. The maximum atomic E-state index is 12.4. The van der Waals surface area contributed by atoms with E-state index in [-0.39, 0.29) is 0 Å². The first-order valence-electron chi connectivity index (χ1n) is 5.57. The average Bonchev–Trinajstić information content (AvgIpc) is 2.39. The fourth-order valence-corrected chi connectivity index (χ4v) is 1.66. The van der Waals surface area contributed by atoms with E-state index >= 15 is 0 Å². The number of halogens is 3. The maximum absolute atomic E-state index is 12.4. The molecule has 0 aliphatic heterocycles. The summed E-state index contributed by atoms with van der Waals surface area (Å²) in [5.74, 6) is 5.73. The number of anilines is 1. The number of hydrogen-bond donors (Lipinski definition) is 2. The van der Waals surface area contributed by atoms with Crippen molar-refractivity contribution in [3.8, 4) is 0 Å². The molecular weight excluding hydrogens is 255 g/mol. The summed E-state index contributed by atoms with van der Waals surface area (Å²) >= 11 is 0. The van der Waals surface area contributed by atoms with Gasteiger partial charge in [0.05, 0.1) is 5.56 Å². The molecule has 0 spiro atoms. The lowest BCUT2D eigenvalue weighted by molar-refractivity contribution is -0.137. The van der Waals surface area contributed by atoms with E-state index in [0.717, 1.165) is 23.3 Å². The van der Waals surface area contributed by atoms with Crippen molar-refractivity contribution in [3.63, 3.8) is 0 Å². The van der Waals surface area contributed by atoms with E-state index < -0.39 is 11.7 Å². The Bertz CT molecular complexity index is 533. The van der Waals surface area contributed by atoms with Crippen LogP contribution in [-0.4, -0.2) is 4.98 Å². The first kappa shape index (κ1) is 13.4. The zero-order valence-corrected chi connectivity index (χ0v) is 9.91. The standard InChI is InChI=1S/C13H12F3N3/c14-13(15,16)11-4-1-9(2-5-11)7-10-3-6-12(19-17)18-8-10/h1-6,8H,7,17H2,(H,18,19). The van der Waals surface area contributed by atoms with Crippen LogP contribution < -0.4 is 11.3 Å². The van der Waals surface area contributed by atoms with Gasteiger partial charge in [-0.1, -0.05) is 18.2 Å². The van der Waals surface area contributed by atoms with E-state index in [4.69, 9.17) is 5.84 Å². The molecule has 0 unspecified atom stereocenters. The molecule has 0 saturated heterocycles. The molecule has 0 fully saturated rings. The van der Waals surface area contributed by atoms with E-state index in [2.05, 4.69) is 10.4 Å². The number of aromatic nitrogens is 1. The Morgan fingerprint density at radius 2 is 1.63 bits per heavy atom. The Labute approximate surface area is 108 Å². The third-order valence-electron chi connectivity index (χ3n) is 2.66. The Morgan fingerprint density at radius 1 is 1.00 bits per heavy atom. The number of nitrogens with one attached hydrogen (secondary N) is 1. The number of pyridine rings is 1. The maximum Gasteiger partial charge on any atom is 0.416 e. The van der Waals surface area contributed by atoms with Gasteiger partial charge in [-0.3, -0.25) is 0 Å². The number of rotatable bonds is 3. The molecule has 0 aliphatic carbocycles. The lowest BCUT2D eigenvalue weighted by Crippen LogP contribution is -2.08. The summed E-state index contributed by atoms with van der Waals surface area (Å²) in [6, 6.07) is 8.63. The normalized spacial score (nSPS) is 11.4. The number of nitrogen functional groups attached to an aromatic ring is 1. The average molecular weight is 267 g/mol. The molecule has 100 valence electrons. The molecule has 3 nitrogen and oxygen atoms in total. The van der Waals surface area contributed by atoms with Gasteiger partial charge in [-0.05, 0) is 35.7 Å². The van der Waals surface area contributed by atoms with Crippen molar-refractivity contribution in [3.05, 3.63) is 59.3 Å². The molecule has 3 N–H and O–H groups in total. The van der Waals surface area contributed by atoms with Crippen molar-refractivity contribution in [1.29, 1.82) is 0 Å². The fraction of sp³-hybridized carbons (Fsp3) is 0.154. The van der Waals surface area contributed by atoms with Crippen molar-refractivity contribution in [1.82, 2.24) is 4.98 Å². The van der Waals surface area contributed by atoms with Gasteiger partial charge in [-0.25, -0.2) is 10.8 Å². The van der Waals surface area contributed by atoms with E-state index in [1.54, 1.807) is 12.3 Å². The number of benzene rings is 1. The van der Waals surface area contributed by atoms with Gasteiger partial charge < -0.3 is 5.43 Å². The van der Waals surface area contributed by atoms with E-state index in [9.17, 15) is 13.2 Å². The number of alkyl halides is 3. The van der Waals surface area contributed by atoms with Gasteiger partial charge in [0.2, 0.25) is 0 Å². The summed E-state index contributed by atoms with van der Waals surface area (Å²) in [5.41, 5.74) is 3.46. The van der Waals surface area contributed by atoms with Crippen molar-refractivity contribution >= 4 is 5.82 Å². The highest BCUT2D eigenvalue weighted by molar-refractivity contribution is 5.36. The molecular formula is C13H12F3N3. The van der Waals surface area contributed by atoms with Crippen molar-refractivity contribution < 1.29 is 13.2 Å². The Morgan fingerprint density at radius 3 is 2.11 bits per heavy atom. The molecule has 1 aromatic carbocycles. The minimum atomic E-state index is -4.30. The zero-order valence-electron chi connectivity index (χ0n) is 9.91. The van der Waals surface area contributed by atoms with Gasteiger partial charge in [0, 0.05) is 6.20 Å². The second-order valence-corrected chi connectivity index (χ2v) is 4.07. The second kappa shape index (κ2) is 5.27. The van der Waals surface area contributed by atoms with Crippen molar-refractivity contribution in [2.24, 2.45) is 5.84 Å².